The second kappa shape index (κ2) is 12.1. The number of hydrogen-bond acceptors (Lipinski definition) is 4. The Morgan fingerprint density at radius 1 is 0.577 bits per heavy atom. The summed E-state index contributed by atoms with van der Waals surface area (Å²) in [4.78, 5) is 13.9. The zero-order valence-corrected chi connectivity index (χ0v) is 31.2. The number of ether oxygens (including phenoxy) is 1. The summed E-state index contributed by atoms with van der Waals surface area (Å²) in [6.07, 6.45) is 11.4. The number of benzene rings is 5. The maximum Gasteiger partial charge on any atom is 2.00 e. The number of aryl methyl sites for hydroxylation is 4. The largest absolute Gasteiger partial charge is 2.00 e. The van der Waals surface area contributed by atoms with Crippen molar-refractivity contribution in [2.75, 3.05) is 0 Å². The van der Waals surface area contributed by atoms with Crippen LogP contribution in [0.3, 0.4) is 0 Å². The smallest absolute Gasteiger partial charge is 0.497 e. The summed E-state index contributed by atoms with van der Waals surface area (Å²) in [5.74, 6) is 1.18. The van der Waals surface area contributed by atoms with Crippen molar-refractivity contribution in [1.82, 2.24) is 23.8 Å². The van der Waals surface area contributed by atoms with Crippen molar-refractivity contribution < 1.29 is 25.8 Å². The summed E-state index contributed by atoms with van der Waals surface area (Å²) in [6.45, 7) is 8.79. The van der Waals surface area contributed by atoms with Gasteiger partial charge in [0.1, 0.15) is 0 Å². The molecule has 0 spiro atoms. The molecule has 0 saturated carbocycles. The van der Waals surface area contributed by atoms with E-state index < -0.39 is 0 Å². The average Bonchev–Trinajstić information content (AvgIpc) is 3.83. The normalized spacial score (nSPS) is 11.7. The minimum Gasteiger partial charge on any atom is -0.497 e. The van der Waals surface area contributed by atoms with Crippen LogP contribution < -0.4 is 4.74 Å². The second-order valence-corrected chi connectivity index (χ2v) is 13.4. The number of hydrogen-bond donors (Lipinski definition) is 0. The molecule has 0 bridgehead atoms. The van der Waals surface area contributed by atoms with Crippen molar-refractivity contribution in [2.24, 2.45) is 0 Å². The maximum absolute atomic E-state index is 6.52. The molecule has 0 aliphatic heterocycles. The summed E-state index contributed by atoms with van der Waals surface area (Å²) in [7, 11) is 0. The molecule has 0 amide bonds. The van der Waals surface area contributed by atoms with Crippen LogP contribution >= 0.6 is 0 Å². The molecule has 5 aromatic heterocycles. The van der Waals surface area contributed by atoms with Gasteiger partial charge in [0.05, 0.1) is 16.8 Å². The monoisotopic (exact) mass is 852 g/mol. The molecular weight excluding hydrogens is 822 g/mol. The predicted octanol–water partition coefficient (Wildman–Crippen LogP) is 10.9. The molecule has 252 valence electrons. The van der Waals surface area contributed by atoms with Crippen molar-refractivity contribution in [1.29, 1.82) is 0 Å². The van der Waals surface area contributed by atoms with Crippen LogP contribution in [0.15, 0.2) is 116 Å². The van der Waals surface area contributed by atoms with Crippen LogP contribution in [0.4, 0.5) is 0 Å². The van der Waals surface area contributed by atoms with E-state index in [2.05, 4.69) is 121 Å². The minimum absolute atomic E-state index is 0. The van der Waals surface area contributed by atoms with Crippen molar-refractivity contribution in [3.05, 3.63) is 150 Å². The van der Waals surface area contributed by atoms with Gasteiger partial charge in [-0.3, -0.25) is 15.0 Å². The molecule has 0 aliphatic rings. The van der Waals surface area contributed by atoms with Gasteiger partial charge < -0.3 is 13.5 Å². The van der Waals surface area contributed by atoms with Gasteiger partial charge in [0.25, 0.3) is 0 Å². The quantitative estimate of drug-likeness (QED) is 0.131. The van der Waals surface area contributed by atoms with Crippen LogP contribution in [-0.2, 0) is 21.1 Å². The SMILES string of the molecule is Cc1cccc(C)c1-c1cc(-c2c(C)cccc2C)c2c(c1)c1ccc(Oc3[c-]c4c(cc3)c3ccncc3n3ccnc43)[c-]c1c1nccn12.[Pt+2]. The molecule has 0 N–H and O–H groups in total. The van der Waals surface area contributed by atoms with Gasteiger partial charge >= 0.3 is 21.1 Å². The minimum atomic E-state index is 0. The first kappa shape index (κ1) is 32.1. The fourth-order valence-corrected chi connectivity index (χ4v) is 8.09. The summed E-state index contributed by atoms with van der Waals surface area (Å²) in [5, 5.41) is 6.11. The molecule has 10 rings (SSSR count). The van der Waals surface area contributed by atoms with Gasteiger partial charge in [-0.1, -0.05) is 88.3 Å². The Bertz CT molecular complexity index is 3030. The number of aromatic nitrogens is 5. The first-order chi connectivity index (χ1) is 24.9. The molecule has 0 fully saturated rings. The molecular formula is C45H31N5OPt. The predicted molar refractivity (Wildman–Crippen MR) is 206 cm³/mol. The molecule has 52 heavy (non-hydrogen) atoms. The van der Waals surface area contributed by atoms with E-state index in [0.717, 1.165) is 54.6 Å². The summed E-state index contributed by atoms with van der Waals surface area (Å²) in [6, 6.07) is 35.1. The standard InChI is InChI=1S/C45H31N5O.Pt/c1-26-7-5-8-27(2)41(26)30-21-36-34-14-12-32(51-31-11-13-33-35-15-16-46-25-40(35)49-19-17-47-44(49)37(33)23-31)24-38(34)45-48-18-20-50(45)43(36)39(22-30)42-28(3)9-6-10-29(42)4;/h5-22,25H,1-4H3;/q-2;+2. The van der Waals surface area contributed by atoms with E-state index in [9.17, 15) is 0 Å². The van der Waals surface area contributed by atoms with Crippen LogP contribution in [-0.4, -0.2) is 23.8 Å². The second-order valence-electron chi connectivity index (χ2n) is 13.4. The van der Waals surface area contributed by atoms with Gasteiger partial charge in [-0.2, -0.15) is 0 Å². The van der Waals surface area contributed by atoms with Gasteiger partial charge in [-0.15, -0.1) is 12.1 Å². The molecule has 7 heteroatoms. The third-order valence-electron chi connectivity index (χ3n) is 10.3. The van der Waals surface area contributed by atoms with Gasteiger partial charge in [0.15, 0.2) is 0 Å². The first-order valence-corrected chi connectivity index (χ1v) is 17.1. The van der Waals surface area contributed by atoms with E-state index in [1.807, 2.05) is 47.4 Å². The fraction of sp³-hybridized carbons (Fsp3) is 0.0889. The molecule has 0 radical (unpaired) electrons. The van der Waals surface area contributed by atoms with Gasteiger partial charge in [-0.05, 0) is 89.5 Å². The molecule has 10 aromatic rings. The average molecular weight is 853 g/mol. The third-order valence-corrected chi connectivity index (χ3v) is 10.3. The van der Waals surface area contributed by atoms with Crippen molar-refractivity contribution in [3.63, 3.8) is 0 Å². The Kier molecular flexibility index (Phi) is 7.49. The Balaban J connectivity index is 0.00000360. The third kappa shape index (κ3) is 4.78. The van der Waals surface area contributed by atoms with Crippen molar-refractivity contribution >= 4 is 54.6 Å². The van der Waals surface area contributed by atoms with Crippen LogP contribution in [0.1, 0.15) is 22.3 Å². The van der Waals surface area contributed by atoms with Crippen LogP contribution in [0.25, 0.3) is 76.9 Å². The molecule has 5 heterocycles. The van der Waals surface area contributed by atoms with Crippen LogP contribution in [0, 0.1) is 39.8 Å². The summed E-state index contributed by atoms with van der Waals surface area (Å²) in [5.41, 5.74) is 13.6. The van der Waals surface area contributed by atoms with E-state index in [4.69, 9.17) is 9.72 Å². The zero-order valence-electron chi connectivity index (χ0n) is 28.9. The first-order valence-electron chi connectivity index (χ1n) is 17.1. The maximum atomic E-state index is 6.52. The number of rotatable bonds is 4. The van der Waals surface area contributed by atoms with Gasteiger partial charge in [-0.25, -0.2) is 0 Å². The molecule has 6 nitrogen and oxygen atoms in total. The van der Waals surface area contributed by atoms with Crippen molar-refractivity contribution in [2.45, 2.75) is 27.7 Å². The summed E-state index contributed by atoms with van der Waals surface area (Å²) < 4.78 is 10.8. The van der Waals surface area contributed by atoms with Gasteiger partial charge in [0, 0.05) is 59.8 Å². The number of fused-ring (bicyclic) bond motifs is 12. The topological polar surface area (TPSA) is 56.7 Å². The zero-order chi connectivity index (χ0) is 34.4. The van der Waals surface area contributed by atoms with E-state index in [-0.39, 0.29) is 21.1 Å². The van der Waals surface area contributed by atoms with Crippen LogP contribution in [0.5, 0.6) is 11.5 Å². The number of pyridine rings is 3. The molecule has 0 unspecified atom stereocenters. The van der Waals surface area contributed by atoms with E-state index >= 15 is 0 Å². The number of imidazole rings is 2. The van der Waals surface area contributed by atoms with E-state index in [1.165, 1.54) is 44.5 Å². The molecule has 0 aliphatic carbocycles. The Morgan fingerprint density at radius 3 is 1.81 bits per heavy atom. The Hall–Kier alpha value is -5.84. The van der Waals surface area contributed by atoms with Crippen molar-refractivity contribution in [3.8, 4) is 33.8 Å². The van der Waals surface area contributed by atoms with Gasteiger partial charge in [0.2, 0.25) is 0 Å². The van der Waals surface area contributed by atoms with E-state index in [0.29, 0.717) is 11.5 Å². The molecule has 0 saturated heterocycles. The Morgan fingerprint density at radius 2 is 1.15 bits per heavy atom. The molecule has 0 atom stereocenters. The summed E-state index contributed by atoms with van der Waals surface area (Å²) >= 11 is 0. The number of nitrogens with zero attached hydrogens (tertiary/aromatic N) is 5. The van der Waals surface area contributed by atoms with E-state index in [1.54, 1.807) is 6.20 Å². The van der Waals surface area contributed by atoms with Crippen LogP contribution in [0.2, 0.25) is 0 Å². The fourth-order valence-electron chi connectivity index (χ4n) is 8.09. The Labute approximate surface area is 314 Å². The molecule has 5 aromatic carbocycles.